The molecule has 5 rings (SSSR count). The van der Waals surface area contributed by atoms with E-state index in [1.54, 1.807) is 24.3 Å². The lowest BCUT2D eigenvalue weighted by molar-refractivity contribution is 0.0954. The number of pyridine rings is 1. The van der Waals surface area contributed by atoms with Crippen molar-refractivity contribution >= 4 is 86.8 Å². The molecule has 3 N–H and O–H groups in total. The number of nitrogens with zero attached hydrogens (tertiary/aromatic N) is 3. The number of benzene rings is 3. The molecule has 0 radical (unpaired) electrons. The number of rotatable bonds is 11. The molecule has 2 amide bonds. The van der Waals surface area contributed by atoms with Crippen LogP contribution >= 0.6 is 46.6 Å². The van der Waals surface area contributed by atoms with E-state index >= 15 is 0 Å². The highest BCUT2D eigenvalue weighted by molar-refractivity contribution is 7.99. The van der Waals surface area contributed by atoms with Crippen LogP contribution in [0.25, 0.3) is 11.0 Å². The maximum Gasteiger partial charge on any atom is 0.411 e. The predicted molar refractivity (Wildman–Crippen MR) is 189 cm³/mol. The van der Waals surface area contributed by atoms with Crippen molar-refractivity contribution in [2.75, 3.05) is 23.8 Å². The van der Waals surface area contributed by atoms with Gasteiger partial charge in [0.25, 0.3) is 5.91 Å². The number of aromatic nitrogens is 3. The standard InChI is InChI=1S/C34H31Cl3N6O3S/c1-21(2)27-14-13-26-30(42-27)39-20-40-31(26)43-28-18-23(32(44)38-17-16-22-6-4-3-5-7-22)8-15-29(28)47-25-11-9-24(10-12-25)41-33(45)46-19-34(35,36)37/h3-15,18,20-21H,16-17,19H2,1-2H3,(H,38,44)(H,41,45)(H,39,40,42,43). The van der Waals surface area contributed by atoms with E-state index in [2.05, 4.69) is 39.8 Å². The van der Waals surface area contributed by atoms with Crippen molar-refractivity contribution in [2.45, 2.75) is 39.8 Å². The molecule has 3 aromatic carbocycles. The third kappa shape index (κ3) is 9.95. The Labute approximate surface area is 291 Å². The lowest BCUT2D eigenvalue weighted by atomic mass is 10.1. The summed E-state index contributed by atoms with van der Waals surface area (Å²) < 4.78 is 3.23. The molecule has 0 fully saturated rings. The molecule has 0 aliphatic rings. The minimum absolute atomic E-state index is 0.187. The number of halogens is 3. The Kier molecular flexibility index (Phi) is 11.4. The molecule has 0 spiro atoms. The molecule has 2 aromatic heterocycles. The minimum Gasteiger partial charge on any atom is -0.445 e. The first-order valence-corrected chi connectivity index (χ1v) is 16.6. The first-order chi connectivity index (χ1) is 22.5. The Morgan fingerprint density at radius 3 is 2.43 bits per heavy atom. The number of anilines is 3. The Hall–Kier alpha value is -4.09. The van der Waals surface area contributed by atoms with Crippen LogP contribution in [-0.2, 0) is 11.2 Å². The lowest BCUT2D eigenvalue weighted by Crippen LogP contribution is -2.25. The van der Waals surface area contributed by atoms with Crippen molar-refractivity contribution in [2.24, 2.45) is 0 Å². The summed E-state index contributed by atoms with van der Waals surface area (Å²) in [6, 6.07) is 26.6. The maximum absolute atomic E-state index is 13.2. The summed E-state index contributed by atoms with van der Waals surface area (Å²) in [7, 11) is 0. The summed E-state index contributed by atoms with van der Waals surface area (Å²) >= 11 is 18.4. The van der Waals surface area contributed by atoms with E-state index in [1.165, 1.54) is 18.1 Å². The van der Waals surface area contributed by atoms with Crippen LogP contribution in [0.3, 0.4) is 0 Å². The quantitative estimate of drug-likeness (QED) is 0.116. The van der Waals surface area contributed by atoms with Gasteiger partial charge in [-0.25, -0.2) is 19.7 Å². The van der Waals surface area contributed by atoms with Gasteiger partial charge in [0, 0.05) is 33.3 Å². The van der Waals surface area contributed by atoms with Crippen LogP contribution < -0.4 is 16.0 Å². The molecular weight excluding hydrogens is 679 g/mol. The number of hydrogen-bond acceptors (Lipinski definition) is 8. The summed E-state index contributed by atoms with van der Waals surface area (Å²) in [5, 5.41) is 9.80. The summed E-state index contributed by atoms with van der Waals surface area (Å²) in [6.45, 7) is 4.27. The molecule has 13 heteroatoms. The van der Waals surface area contributed by atoms with Crippen LogP contribution in [0.4, 0.5) is 22.0 Å². The minimum atomic E-state index is -1.70. The summed E-state index contributed by atoms with van der Waals surface area (Å²) in [4.78, 5) is 40.6. The number of ether oxygens (including phenoxy) is 1. The Morgan fingerprint density at radius 2 is 1.70 bits per heavy atom. The van der Waals surface area contributed by atoms with Crippen LogP contribution in [0.15, 0.2) is 101 Å². The van der Waals surface area contributed by atoms with Crippen LogP contribution in [0.1, 0.15) is 41.4 Å². The number of alkyl halides is 3. The Morgan fingerprint density at radius 1 is 0.936 bits per heavy atom. The van der Waals surface area contributed by atoms with E-state index in [0.29, 0.717) is 34.9 Å². The molecule has 47 heavy (non-hydrogen) atoms. The van der Waals surface area contributed by atoms with Gasteiger partial charge in [-0.15, -0.1) is 0 Å². The molecule has 0 aliphatic heterocycles. The number of carbonyl (C=O) groups excluding carboxylic acids is 2. The summed E-state index contributed by atoms with van der Waals surface area (Å²) in [6.07, 6.45) is 1.45. The zero-order valence-corrected chi connectivity index (χ0v) is 28.6. The second kappa shape index (κ2) is 15.7. The maximum atomic E-state index is 13.2. The second-order valence-corrected chi connectivity index (χ2v) is 14.4. The molecule has 9 nitrogen and oxygen atoms in total. The normalized spacial score (nSPS) is 11.4. The number of hydrogen-bond donors (Lipinski definition) is 3. The van der Waals surface area contributed by atoms with Crippen molar-refractivity contribution in [1.29, 1.82) is 0 Å². The average Bonchev–Trinajstić information content (AvgIpc) is 3.05. The highest BCUT2D eigenvalue weighted by atomic mass is 35.6. The van der Waals surface area contributed by atoms with Crippen LogP contribution in [-0.4, -0.2) is 43.9 Å². The predicted octanol–water partition coefficient (Wildman–Crippen LogP) is 8.93. The van der Waals surface area contributed by atoms with Gasteiger partial charge in [0.1, 0.15) is 18.8 Å². The van der Waals surface area contributed by atoms with Gasteiger partial charge in [-0.2, -0.15) is 0 Å². The molecule has 0 atom stereocenters. The van der Waals surface area contributed by atoms with Crippen molar-refractivity contribution in [1.82, 2.24) is 20.3 Å². The van der Waals surface area contributed by atoms with Crippen molar-refractivity contribution < 1.29 is 14.3 Å². The van der Waals surface area contributed by atoms with Gasteiger partial charge in [0.15, 0.2) is 5.65 Å². The molecule has 0 bridgehead atoms. The SMILES string of the molecule is CC(C)c1ccc2c(Nc3cc(C(=O)NCCc4ccccc4)ccc3Sc3ccc(NC(=O)OCC(Cl)(Cl)Cl)cc3)ncnc2n1. The van der Waals surface area contributed by atoms with E-state index in [9.17, 15) is 9.59 Å². The number of nitrogens with one attached hydrogen (secondary N) is 3. The van der Waals surface area contributed by atoms with Crippen LogP contribution in [0, 0.1) is 0 Å². The molecular formula is C34H31Cl3N6O3S. The van der Waals surface area contributed by atoms with Crippen LogP contribution in [0.2, 0.25) is 0 Å². The Bertz CT molecular complexity index is 1850. The second-order valence-electron chi connectivity index (χ2n) is 10.8. The van der Waals surface area contributed by atoms with Gasteiger partial charge in [-0.3, -0.25) is 10.1 Å². The van der Waals surface area contributed by atoms with Crippen molar-refractivity contribution in [3.63, 3.8) is 0 Å². The van der Waals surface area contributed by atoms with Crippen molar-refractivity contribution in [3.05, 3.63) is 108 Å². The largest absolute Gasteiger partial charge is 0.445 e. The average molecular weight is 710 g/mol. The first kappa shape index (κ1) is 34.3. The van der Waals surface area contributed by atoms with Gasteiger partial charge in [-0.05, 0) is 72.5 Å². The van der Waals surface area contributed by atoms with E-state index in [4.69, 9.17) is 44.5 Å². The van der Waals surface area contributed by atoms with E-state index in [1.807, 2.05) is 60.7 Å². The molecule has 5 aromatic rings. The zero-order valence-electron chi connectivity index (χ0n) is 25.5. The molecule has 0 saturated carbocycles. The van der Waals surface area contributed by atoms with Gasteiger partial charge < -0.3 is 15.4 Å². The van der Waals surface area contributed by atoms with Gasteiger partial charge in [-0.1, -0.05) is 90.7 Å². The zero-order chi connectivity index (χ0) is 33.4. The molecule has 2 heterocycles. The smallest absolute Gasteiger partial charge is 0.411 e. The third-order valence-corrected chi connectivity index (χ3v) is 8.25. The fraction of sp³-hybridized carbons (Fsp3) is 0.206. The monoisotopic (exact) mass is 708 g/mol. The van der Waals surface area contributed by atoms with Gasteiger partial charge in [0.05, 0.1) is 11.1 Å². The number of amides is 2. The first-order valence-electron chi connectivity index (χ1n) is 14.7. The van der Waals surface area contributed by atoms with Crippen molar-refractivity contribution in [3.8, 4) is 0 Å². The lowest BCUT2D eigenvalue weighted by Gasteiger charge is -2.15. The fourth-order valence-electron chi connectivity index (χ4n) is 4.47. The molecule has 0 saturated heterocycles. The van der Waals surface area contributed by atoms with Gasteiger partial charge >= 0.3 is 6.09 Å². The highest BCUT2D eigenvalue weighted by Crippen LogP contribution is 2.37. The van der Waals surface area contributed by atoms with E-state index < -0.39 is 9.89 Å². The fourth-order valence-corrected chi connectivity index (χ4v) is 5.51. The number of fused-ring (bicyclic) bond motifs is 1. The topological polar surface area (TPSA) is 118 Å². The summed E-state index contributed by atoms with van der Waals surface area (Å²) in [5.41, 5.74) is 4.34. The number of carbonyl (C=O) groups is 2. The molecule has 0 unspecified atom stereocenters. The highest BCUT2D eigenvalue weighted by Gasteiger charge is 2.22. The van der Waals surface area contributed by atoms with Gasteiger partial charge in [0.2, 0.25) is 3.79 Å². The Balaban J connectivity index is 1.37. The van der Waals surface area contributed by atoms with E-state index in [0.717, 1.165) is 32.9 Å². The molecule has 242 valence electrons. The molecule has 0 aliphatic carbocycles. The van der Waals surface area contributed by atoms with E-state index in [-0.39, 0.29) is 18.4 Å². The summed E-state index contributed by atoms with van der Waals surface area (Å²) in [5.74, 6) is 0.627. The van der Waals surface area contributed by atoms with Crippen LogP contribution in [0.5, 0.6) is 0 Å². The third-order valence-electron chi connectivity index (χ3n) is 6.84.